The molecule has 1 heterocycles. The number of aryl methyl sites for hydroxylation is 3. The van der Waals surface area contributed by atoms with Crippen molar-refractivity contribution in [2.24, 2.45) is 0 Å². The molecular formula is C18H18N4O. The Morgan fingerprint density at radius 3 is 2.65 bits per heavy atom. The van der Waals surface area contributed by atoms with Crippen molar-refractivity contribution in [1.29, 1.82) is 5.26 Å². The maximum Gasteiger partial charge on any atom is 0.267 e. The highest BCUT2D eigenvalue weighted by Crippen LogP contribution is 2.17. The molecule has 0 saturated heterocycles. The van der Waals surface area contributed by atoms with Gasteiger partial charge < -0.3 is 10.6 Å². The van der Waals surface area contributed by atoms with E-state index in [2.05, 4.69) is 15.6 Å². The van der Waals surface area contributed by atoms with Gasteiger partial charge in [0.25, 0.3) is 5.91 Å². The summed E-state index contributed by atoms with van der Waals surface area (Å²) in [5.41, 5.74) is 3.58. The third-order valence-electron chi connectivity index (χ3n) is 3.25. The fourth-order valence-corrected chi connectivity index (χ4v) is 2.06. The van der Waals surface area contributed by atoms with Gasteiger partial charge in [-0.1, -0.05) is 23.8 Å². The van der Waals surface area contributed by atoms with Crippen LogP contribution in [0.4, 0.5) is 11.5 Å². The van der Waals surface area contributed by atoms with Gasteiger partial charge in [0.15, 0.2) is 0 Å². The van der Waals surface area contributed by atoms with Crippen molar-refractivity contribution in [3.8, 4) is 6.07 Å². The number of rotatable bonds is 4. The number of nitrogens with one attached hydrogen (secondary N) is 2. The van der Waals surface area contributed by atoms with Crippen LogP contribution in [0, 0.1) is 32.1 Å². The van der Waals surface area contributed by atoms with E-state index in [0.29, 0.717) is 11.5 Å². The Morgan fingerprint density at radius 1 is 1.22 bits per heavy atom. The Balaban J connectivity index is 2.12. The molecule has 23 heavy (non-hydrogen) atoms. The first kappa shape index (κ1) is 16.2. The second-order valence-electron chi connectivity index (χ2n) is 5.25. The molecule has 0 atom stereocenters. The van der Waals surface area contributed by atoms with Crippen molar-refractivity contribution in [2.45, 2.75) is 20.8 Å². The highest BCUT2D eigenvalue weighted by Gasteiger charge is 2.10. The number of amides is 1. The average Bonchev–Trinajstić information content (AvgIpc) is 2.51. The first-order chi connectivity index (χ1) is 11.0. The number of hydrogen-bond donors (Lipinski definition) is 2. The second-order valence-corrected chi connectivity index (χ2v) is 5.25. The van der Waals surface area contributed by atoms with Crippen LogP contribution in [0.1, 0.15) is 16.8 Å². The van der Waals surface area contributed by atoms with Crippen LogP contribution in [0.3, 0.4) is 0 Å². The van der Waals surface area contributed by atoms with Crippen LogP contribution < -0.4 is 10.6 Å². The van der Waals surface area contributed by atoms with E-state index in [1.54, 1.807) is 6.07 Å². The minimum absolute atomic E-state index is 0.0201. The van der Waals surface area contributed by atoms with Gasteiger partial charge in [0.1, 0.15) is 17.5 Å². The van der Waals surface area contributed by atoms with Gasteiger partial charge in [-0.25, -0.2) is 4.98 Å². The summed E-state index contributed by atoms with van der Waals surface area (Å²) in [6, 6.07) is 13.1. The standard InChI is InChI=1S/C18H18N4O/c1-12-7-8-16(13(2)9-12)22-18(23)15(10-19)11-20-17-6-4-5-14(3)21-17/h4-9,11H,1-3H3,(H,20,21)(H,22,23)/b15-11-. The number of hydrogen-bond acceptors (Lipinski definition) is 4. The molecule has 2 N–H and O–H groups in total. The fourth-order valence-electron chi connectivity index (χ4n) is 2.06. The van der Waals surface area contributed by atoms with Crippen LogP contribution in [0.25, 0.3) is 0 Å². The quantitative estimate of drug-likeness (QED) is 0.670. The molecule has 1 aromatic carbocycles. The summed E-state index contributed by atoms with van der Waals surface area (Å²) in [6.07, 6.45) is 1.36. The van der Waals surface area contributed by atoms with Crippen molar-refractivity contribution in [2.75, 3.05) is 10.6 Å². The number of carbonyl (C=O) groups is 1. The Hall–Kier alpha value is -3.13. The van der Waals surface area contributed by atoms with Gasteiger partial charge in [0.2, 0.25) is 0 Å². The lowest BCUT2D eigenvalue weighted by atomic mass is 10.1. The predicted molar refractivity (Wildman–Crippen MR) is 90.8 cm³/mol. The Morgan fingerprint density at radius 2 is 2.00 bits per heavy atom. The lowest BCUT2D eigenvalue weighted by molar-refractivity contribution is -0.112. The molecule has 1 amide bonds. The molecule has 0 saturated carbocycles. The minimum Gasteiger partial charge on any atom is -0.345 e. The number of nitriles is 1. The second kappa shape index (κ2) is 7.23. The summed E-state index contributed by atoms with van der Waals surface area (Å²) >= 11 is 0. The molecule has 0 unspecified atom stereocenters. The molecule has 0 aliphatic carbocycles. The zero-order valence-corrected chi connectivity index (χ0v) is 13.3. The SMILES string of the molecule is Cc1ccc(NC(=O)/C(C#N)=C\Nc2cccc(C)n2)c(C)c1. The lowest BCUT2D eigenvalue weighted by Crippen LogP contribution is -2.15. The molecule has 2 rings (SSSR count). The van der Waals surface area contributed by atoms with E-state index in [4.69, 9.17) is 0 Å². The van der Waals surface area contributed by atoms with E-state index in [9.17, 15) is 10.1 Å². The topological polar surface area (TPSA) is 77.8 Å². The fraction of sp³-hybridized carbons (Fsp3) is 0.167. The van der Waals surface area contributed by atoms with Crippen LogP contribution in [-0.2, 0) is 4.79 Å². The van der Waals surface area contributed by atoms with Crippen molar-refractivity contribution in [3.63, 3.8) is 0 Å². The molecule has 5 heteroatoms. The molecule has 116 valence electrons. The summed E-state index contributed by atoms with van der Waals surface area (Å²) in [5.74, 6) is 0.122. The van der Waals surface area contributed by atoms with Crippen molar-refractivity contribution >= 4 is 17.4 Å². The maximum atomic E-state index is 12.2. The average molecular weight is 306 g/mol. The normalized spacial score (nSPS) is 10.8. The lowest BCUT2D eigenvalue weighted by Gasteiger charge is -2.08. The van der Waals surface area contributed by atoms with Crippen molar-refractivity contribution in [1.82, 2.24) is 4.98 Å². The molecule has 5 nitrogen and oxygen atoms in total. The first-order valence-electron chi connectivity index (χ1n) is 7.18. The Bertz CT molecular complexity index is 803. The summed E-state index contributed by atoms with van der Waals surface area (Å²) in [5, 5.41) is 14.8. The molecule has 0 spiro atoms. The highest BCUT2D eigenvalue weighted by atomic mass is 16.1. The largest absolute Gasteiger partial charge is 0.345 e. The van der Waals surface area contributed by atoms with E-state index >= 15 is 0 Å². The highest BCUT2D eigenvalue weighted by molar-refractivity contribution is 6.07. The Kier molecular flexibility index (Phi) is 5.11. The van der Waals surface area contributed by atoms with Gasteiger partial charge >= 0.3 is 0 Å². The van der Waals surface area contributed by atoms with Gasteiger partial charge in [0, 0.05) is 17.6 Å². The monoisotopic (exact) mass is 306 g/mol. The van der Waals surface area contributed by atoms with Gasteiger partial charge in [0.05, 0.1) is 0 Å². The number of nitrogens with zero attached hydrogens (tertiary/aromatic N) is 2. The molecule has 2 aromatic rings. The summed E-state index contributed by atoms with van der Waals surface area (Å²) < 4.78 is 0. The molecule has 0 aliphatic heterocycles. The molecule has 0 aliphatic rings. The van der Waals surface area contributed by atoms with E-state index in [0.717, 1.165) is 16.8 Å². The third kappa shape index (κ3) is 4.42. The predicted octanol–water partition coefficient (Wildman–Crippen LogP) is 3.46. The molecule has 1 aromatic heterocycles. The van der Waals surface area contributed by atoms with Crippen LogP contribution in [0.15, 0.2) is 48.2 Å². The maximum absolute atomic E-state index is 12.2. The van der Waals surface area contributed by atoms with E-state index in [1.807, 2.05) is 57.2 Å². The summed E-state index contributed by atoms with van der Waals surface area (Å²) in [4.78, 5) is 16.5. The number of carbonyl (C=O) groups excluding carboxylic acids is 1. The van der Waals surface area contributed by atoms with Gasteiger partial charge in [-0.2, -0.15) is 5.26 Å². The van der Waals surface area contributed by atoms with Gasteiger partial charge in [-0.3, -0.25) is 4.79 Å². The summed E-state index contributed by atoms with van der Waals surface area (Å²) in [7, 11) is 0. The van der Waals surface area contributed by atoms with E-state index in [-0.39, 0.29) is 5.57 Å². The molecular weight excluding hydrogens is 288 g/mol. The van der Waals surface area contributed by atoms with Crippen molar-refractivity contribution in [3.05, 3.63) is 65.0 Å². The Labute approximate surface area is 135 Å². The minimum atomic E-state index is -0.459. The third-order valence-corrected chi connectivity index (χ3v) is 3.25. The number of anilines is 2. The zero-order valence-electron chi connectivity index (χ0n) is 13.3. The first-order valence-corrected chi connectivity index (χ1v) is 7.18. The molecule has 0 fully saturated rings. The number of benzene rings is 1. The number of pyridine rings is 1. The van der Waals surface area contributed by atoms with Crippen LogP contribution in [0.2, 0.25) is 0 Å². The van der Waals surface area contributed by atoms with E-state index in [1.165, 1.54) is 6.20 Å². The summed E-state index contributed by atoms with van der Waals surface area (Å²) in [6.45, 7) is 5.76. The molecule has 0 radical (unpaired) electrons. The zero-order chi connectivity index (χ0) is 16.8. The van der Waals surface area contributed by atoms with Crippen molar-refractivity contribution < 1.29 is 4.79 Å². The van der Waals surface area contributed by atoms with Crippen LogP contribution in [0.5, 0.6) is 0 Å². The smallest absolute Gasteiger partial charge is 0.267 e. The van der Waals surface area contributed by atoms with Crippen LogP contribution >= 0.6 is 0 Å². The van der Waals surface area contributed by atoms with E-state index < -0.39 is 5.91 Å². The van der Waals surface area contributed by atoms with Gasteiger partial charge in [-0.15, -0.1) is 0 Å². The number of aromatic nitrogens is 1. The van der Waals surface area contributed by atoms with Gasteiger partial charge in [-0.05, 0) is 44.5 Å². The molecule has 0 bridgehead atoms. The van der Waals surface area contributed by atoms with Crippen LogP contribution in [-0.4, -0.2) is 10.9 Å².